The zero-order valence-corrected chi connectivity index (χ0v) is 14.2. The lowest BCUT2D eigenvalue weighted by molar-refractivity contribution is -0.0373. The molecule has 0 saturated carbocycles. The van der Waals surface area contributed by atoms with Crippen LogP contribution in [0.2, 0.25) is 0 Å². The second-order valence-corrected chi connectivity index (χ2v) is 6.32. The van der Waals surface area contributed by atoms with Gasteiger partial charge in [0.05, 0.1) is 6.61 Å². The molecule has 7 heteroatoms. The molecule has 1 aliphatic heterocycles. The molecule has 0 spiro atoms. The lowest BCUT2D eigenvalue weighted by Gasteiger charge is -2.33. The van der Waals surface area contributed by atoms with Crippen LogP contribution in [-0.4, -0.2) is 64.4 Å². The van der Waals surface area contributed by atoms with Gasteiger partial charge in [0.1, 0.15) is 18.2 Å². The van der Waals surface area contributed by atoms with Gasteiger partial charge in [-0.3, -0.25) is 4.90 Å². The molecule has 0 N–H and O–H groups in total. The van der Waals surface area contributed by atoms with E-state index in [4.69, 9.17) is 4.74 Å². The van der Waals surface area contributed by atoms with E-state index >= 15 is 0 Å². The highest BCUT2D eigenvalue weighted by atomic mass is 19.1. The second-order valence-electron chi connectivity index (χ2n) is 6.32. The molecule has 130 valence electrons. The first-order valence-electron chi connectivity index (χ1n) is 8.22. The van der Waals surface area contributed by atoms with Crippen molar-refractivity contribution in [2.24, 2.45) is 7.05 Å². The van der Waals surface area contributed by atoms with Crippen LogP contribution in [0, 0.1) is 5.82 Å². The van der Waals surface area contributed by atoms with E-state index in [2.05, 4.69) is 27.0 Å². The molecule has 1 aliphatic rings. The molecule has 1 aromatic heterocycles. The van der Waals surface area contributed by atoms with Gasteiger partial charge in [-0.25, -0.2) is 4.39 Å². The zero-order valence-electron chi connectivity index (χ0n) is 14.2. The molecule has 3 rings (SSSR count). The number of halogens is 1. The molecule has 0 bridgehead atoms. The van der Waals surface area contributed by atoms with Gasteiger partial charge in [-0.05, 0) is 24.7 Å². The van der Waals surface area contributed by atoms with Crippen molar-refractivity contribution in [1.82, 2.24) is 24.6 Å². The van der Waals surface area contributed by atoms with Crippen molar-refractivity contribution in [1.29, 1.82) is 0 Å². The molecule has 2 aromatic rings. The van der Waals surface area contributed by atoms with Gasteiger partial charge in [-0.15, -0.1) is 10.2 Å². The summed E-state index contributed by atoms with van der Waals surface area (Å²) in [7, 11) is 4.03. The van der Waals surface area contributed by atoms with Crippen LogP contribution in [0.15, 0.2) is 30.6 Å². The molecule has 1 aromatic carbocycles. The zero-order chi connectivity index (χ0) is 16.9. The smallest absolute Gasteiger partial charge is 0.163 e. The van der Waals surface area contributed by atoms with Crippen molar-refractivity contribution < 1.29 is 9.13 Å². The summed E-state index contributed by atoms with van der Waals surface area (Å²) < 4.78 is 20.7. The molecule has 0 aliphatic carbocycles. The van der Waals surface area contributed by atoms with Gasteiger partial charge in [-0.1, -0.05) is 12.1 Å². The first-order chi connectivity index (χ1) is 11.6. The summed E-state index contributed by atoms with van der Waals surface area (Å²) in [6.07, 6.45) is 1.68. The number of hydrogen-bond donors (Lipinski definition) is 0. The monoisotopic (exact) mass is 333 g/mol. The fraction of sp³-hybridized carbons (Fsp3) is 0.529. The molecule has 6 nitrogen and oxygen atoms in total. The number of nitrogens with zero attached hydrogens (tertiary/aromatic N) is 5. The van der Waals surface area contributed by atoms with Gasteiger partial charge in [0.25, 0.3) is 0 Å². The van der Waals surface area contributed by atoms with Crippen molar-refractivity contribution in [3.63, 3.8) is 0 Å². The van der Waals surface area contributed by atoms with Crippen molar-refractivity contribution >= 4 is 0 Å². The highest BCUT2D eigenvalue weighted by molar-refractivity contribution is 5.15. The Morgan fingerprint density at radius 3 is 2.83 bits per heavy atom. The standard InChI is InChI=1S/C17H24FN5O/c1-21(11-14-3-5-15(18)6-4-14)7-8-23-9-10-24-16(12-23)17-20-19-13-22(17)2/h3-6,13,16H,7-12H2,1-2H3/t16-/m1/s1. The van der Waals surface area contributed by atoms with Crippen molar-refractivity contribution in [3.05, 3.63) is 47.8 Å². The molecule has 1 fully saturated rings. The molecule has 0 unspecified atom stereocenters. The van der Waals surface area contributed by atoms with Gasteiger partial charge in [0.2, 0.25) is 0 Å². The normalized spacial score (nSPS) is 19.1. The Morgan fingerprint density at radius 2 is 2.12 bits per heavy atom. The quantitative estimate of drug-likeness (QED) is 0.801. The third kappa shape index (κ3) is 4.37. The van der Waals surface area contributed by atoms with Crippen molar-refractivity contribution in [2.45, 2.75) is 12.6 Å². The van der Waals surface area contributed by atoms with Crippen LogP contribution in [0.5, 0.6) is 0 Å². The SMILES string of the molecule is CN(CCN1CCO[C@@H](c2nncn2C)C1)Cc1ccc(F)cc1. The maximum Gasteiger partial charge on any atom is 0.163 e. The summed E-state index contributed by atoms with van der Waals surface area (Å²) in [6, 6.07) is 6.70. The molecular formula is C17H24FN5O. The number of morpholine rings is 1. The summed E-state index contributed by atoms with van der Waals surface area (Å²) in [5, 5.41) is 8.08. The average molecular weight is 333 g/mol. The van der Waals surface area contributed by atoms with E-state index in [1.807, 2.05) is 23.7 Å². The number of hydrogen-bond acceptors (Lipinski definition) is 5. The lowest BCUT2D eigenvalue weighted by Crippen LogP contribution is -2.42. The maximum absolute atomic E-state index is 13.0. The van der Waals surface area contributed by atoms with E-state index in [0.29, 0.717) is 6.61 Å². The fourth-order valence-corrected chi connectivity index (χ4v) is 2.94. The minimum absolute atomic E-state index is 0.0198. The lowest BCUT2D eigenvalue weighted by atomic mass is 10.2. The predicted octanol–water partition coefficient (Wildman–Crippen LogP) is 1.46. The molecule has 0 radical (unpaired) electrons. The van der Waals surface area contributed by atoms with E-state index in [1.165, 1.54) is 12.1 Å². The minimum atomic E-state index is -0.190. The number of aromatic nitrogens is 3. The Morgan fingerprint density at radius 1 is 1.33 bits per heavy atom. The number of ether oxygens (including phenoxy) is 1. The van der Waals surface area contributed by atoms with E-state index < -0.39 is 0 Å². The Kier molecular flexibility index (Phi) is 5.55. The Labute approximate surface area is 141 Å². The Bertz CT molecular complexity index is 645. The van der Waals surface area contributed by atoms with Crippen LogP contribution in [-0.2, 0) is 18.3 Å². The first-order valence-corrected chi connectivity index (χ1v) is 8.22. The number of aryl methyl sites for hydroxylation is 1. The van der Waals surface area contributed by atoms with Crippen molar-refractivity contribution in [2.75, 3.05) is 39.8 Å². The van der Waals surface area contributed by atoms with Crippen LogP contribution in [0.1, 0.15) is 17.5 Å². The Balaban J connectivity index is 1.47. The largest absolute Gasteiger partial charge is 0.368 e. The van der Waals surface area contributed by atoms with Gasteiger partial charge in [0, 0.05) is 39.8 Å². The molecular weight excluding hydrogens is 309 g/mol. The summed E-state index contributed by atoms with van der Waals surface area (Å²) >= 11 is 0. The number of benzene rings is 1. The van der Waals surface area contributed by atoms with Crippen LogP contribution < -0.4 is 0 Å². The van der Waals surface area contributed by atoms with Gasteiger partial charge >= 0.3 is 0 Å². The van der Waals surface area contributed by atoms with E-state index in [-0.39, 0.29) is 11.9 Å². The highest BCUT2D eigenvalue weighted by Gasteiger charge is 2.25. The van der Waals surface area contributed by atoms with E-state index in [9.17, 15) is 4.39 Å². The first kappa shape index (κ1) is 17.0. The summed E-state index contributed by atoms with van der Waals surface area (Å²) in [5.41, 5.74) is 1.12. The van der Waals surface area contributed by atoms with Crippen molar-refractivity contribution in [3.8, 4) is 0 Å². The van der Waals surface area contributed by atoms with Crippen LogP contribution in [0.4, 0.5) is 4.39 Å². The average Bonchev–Trinajstić information content (AvgIpc) is 3.01. The third-order valence-electron chi connectivity index (χ3n) is 4.35. The summed E-state index contributed by atoms with van der Waals surface area (Å²) in [5.74, 6) is 0.684. The Hall–Kier alpha value is -1.83. The second kappa shape index (κ2) is 7.83. The molecule has 24 heavy (non-hydrogen) atoms. The maximum atomic E-state index is 13.0. The summed E-state index contributed by atoms with van der Waals surface area (Å²) in [4.78, 5) is 4.64. The van der Waals surface area contributed by atoms with Crippen LogP contribution >= 0.6 is 0 Å². The van der Waals surface area contributed by atoms with E-state index in [1.54, 1.807) is 6.33 Å². The van der Waals surface area contributed by atoms with E-state index in [0.717, 1.165) is 44.1 Å². The topological polar surface area (TPSA) is 46.4 Å². The van der Waals surface area contributed by atoms with Crippen LogP contribution in [0.25, 0.3) is 0 Å². The molecule has 1 atom stereocenters. The molecule has 1 saturated heterocycles. The van der Waals surface area contributed by atoms with Gasteiger partial charge < -0.3 is 14.2 Å². The van der Waals surface area contributed by atoms with Gasteiger partial charge in [0.15, 0.2) is 5.82 Å². The predicted molar refractivity (Wildman–Crippen MR) is 88.9 cm³/mol. The highest BCUT2D eigenvalue weighted by Crippen LogP contribution is 2.19. The molecule has 2 heterocycles. The third-order valence-corrected chi connectivity index (χ3v) is 4.35. The fourth-order valence-electron chi connectivity index (χ4n) is 2.94. The molecule has 0 amide bonds. The number of likely N-dealkylation sites (N-methyl/N-ethyl adjacent to an activating group) is 1. The minimum Gasteiger partial charge on any atom is -0.368 e. The summed E-state index contributed by atoms with van der Waals surface area (Å²) in [6.45, 7) is 5.20. The van der Waals surface area contributed by atoms with Crippen LogP contribution in [0.3, 0.4) is 0 Å². The number of rotatable bonds is 6. The van der Waals surface area contributed by atoms with Gasteiger partial charge in [-0.2, -0.15) is 0 Å².